The molecule has 2 rings (SSSR count). The van der Waals surface area contributed by atoms with Gasteiger partial charge in [0.15, 0.2) is 0 Å². The van der Waals surface area contributed by atoms with E-state index in [0.29, 0.717) is 10.6 Å². The standard InChI is InChI=1S/C16H16ClF2N/c1-9-4-14(15(17)5-10(9)2)16(20-3)11-6-12(18)8-13(19)7-11/h4-8,16,20H,1-3H3. The third-order valence-electron chi connectivity index (χ3n) is 3.43. The molecule has 0 aliphatic rings. The third-order valence-corrected chi connectivity index (χ3v) is 3.76. The van der Waals surface area contributed by atoms with Crippen molar-refractivity contribution >= 4 is 11.6 Å². The number of nitrogens with one attached hydrogen (secondary N) is 1. The summed E-state index contributed by atoms with van der Waals surface area (Å²) >= 11 is 6.28. The smallest absolute Gasteiger partial charge is 0.126 e. The fourth-order valence-corrected chi connectivity index (χ4v) is 2.60. The highest BCUT2D eigenvalue weighted by Gasteiger charge is 2.17. The van der Waals surface area contributed by atoms with E-state index >= 15 is 0 Å². The van der Waals surface area contributed by atoms with Gasteiger partial charge in [0.05, 0.1) is 6.04 Å². The molecule has 0 fully saturated rings. The van der Waals surface area contributed by atoms with Crippen LogP contribution in [0.2, 0.25) is 5.02 Å². The van der Waals surface area contributed by atoms with Gasteiger partial charge < -0.3 is 5.32 Å². The van der Waals surface area contributed by atoms with E-state index in [9.17, 15) is 8.78 Å². The molecule has 0 amide bonds. The van der Waals surface area contributed by atoms with Crippen LogP contribution in [0.4, 0.5) is 8.78 Å². The Labute approximate surface area is 122 Å². The van der Waals surface area contributed by atoms with Crippen molar-refractivity contribution in [1.82, 2.24) is 5.32 Å². The van der Waals surface area contributed by atoms with E-state index in [1.165, 1.54) is 12.1 Å². The molecule has 1 unspecified atom stereocenters. The molecule has 0 spiro atoms. The van der Waals surface area contributed by atoms with Crippen molar-refractivity contribution < 1.29 is 8.78 Å². The summed E-state index contributed by atoms with van der Waals surface area (Å²) < 4.78 is 26.8. The largest absolute Gasteiger partial charge is 0.309 e. The van der Waals surface area contributed by atoms with Crippen LogP contribution >= 0.6 is 11.6 Å². The van der Waals surface area contributed by atoms with E-state index < -0.39 is 11.6 Å². The van der Waals surface area contributed by atoms with Crippen molar-refractivity contribution in [2.24, 2.45) is 0 Å². The molecule has 0 aromatic heterocycles. The van der Waals surface area contributed by atoms with Crippen LogP contribution in [0.1, 0.15) is 28.3 Å². The van der Waals surface area contributed by atoms with Crippen molar-refractivity contribution in [1.29, 1.82) is 0 Å². The van der Waals surface area contributed by atoms with Crippen molar-refractivity contribution in [2.45, 2.75) is 19.9 Å². The summed E-state index contributed by atoms with van der Waals surface area (Å²) in [6.45, 7) is 3.95. The summed E-state index contributed by atoms with van der Waals surface area (Å²) in [7, 11) is 1.74. The molecule has 1 N–H and O–H groups in total. The molecule has 20 heavy (non-hydrogen) atoms. The van der Waals surface area contributed by atoms with Gasteiger partial charge in [0.1, 0.15) is 11.6 Å². The van der Waals surface area contributed by atoms with Gasteiger partial charge in [0.2, 0.25) is 0 Å². The number of hydrogen-bond donors (Lipinski definition) is 1. The van der Waals surface area contributed by atoms with E-state index in [1.54, 1.807) is 7.05 Å². The van der Waals surface area contributed by atoms with Crippen molar-refractivity contribution in [3.05, 3.63) is 69.2 Å². The Bertz CT molecular complexity index is 620. The Morgan fingerprint density at radius 3 is 2.05 bits per heavy atom. The van der Waals surface area contributed by atoms with Gasteiger partial charge in [0.25, 0.3) is 0 Å². The van der Waals surface area contributed by atoms with Crippen LogP contribution in [0.25, 0.3) is 0 Å². The topological polar surface area (TPSA) is 12.0 Å². The molecule has 0 aliphatic carbocycles. The summed E-state index contributed by atoms with van der Waals surface area (Å²) in [6, 6.07) is 6.95. The molecule has 0 saturated heterocycles. The fourth-order valence-electron chi connectivity index (χ4n) is 2.27. The summed E-state index contributed by atoms with van der Waals surface area (Å²) in [6.07, 6.45) is 0. The minimum atomic E-state index is -0.597. The molecular formula is C16H16ClF2N. The average molecular weight is 296 g/mol. The van der Waals surface area contributed by atoms with Crippen LogP contribution in [-0.2, 0) is 0 Å². The molecule has 0 heterocycles. The molecule has 2 aromatic carbocycles. The van der Waals surface area contributed by atoms with Gasteiger partial charge in [-0.2, -0.15) is 0 Å². The normalized spacial score (nSPS) is 12.5. The van der Waals surface area contributed by atoms with Crippen molar-refractivity contribution in [2.75, 3.05) is 7.05 Å². The first-order valence-electron chi connectivity index (χ1n) is 6.32. The summed E-state index contributed by atoms with van der Waals surface area (Å²) in [5, 5.41) is 3.64. The first-order valence-corrected chi connectivity index (χ1v) is 6.70. The van der Waals surface area contributed by atoms with E-state index in [0.717, 1.165) is 22.8 Å². The maximum atomic E-state index is 13.4. The highest BCUT2D eigenvalue weighted by atomic mass is 35.5. The lowest BCUT2D eigenvalue weighted by atomic mass is 9.95. The molecule has 1 atom stereocenters. The Hall–Kier alpha value is -1.45. The third kappa shape index (κ3) is 3.00. The lowest BCUT2D eigenvalue weighted by Crippen LogP contribution is -2.18. The highest BCUT2D eigenvalue weighted by Crippen LogP contribution is 2.31. The highest BCUT2D eigenvalue weighted by molar-refractivity contribution is 6.31. The lowest BCUT2D eigenvalue weighted by Gasteiger charge is -2.20. The molecule has 4 heteroatoms. The Balaban J connectivity index is 2.55. The van der Waals surface area contributed by atoms with E-state index in [1.807, 2.05) is 26.0 Å². The Morgan fingerprint density at radius 1 is 0.950 bits per heavy atom. The van der Waals surface area contributed by atoms with E-state index in [-0.39, 0.29) is 6.04 Å². The Kier molecular flexibility index (Phi) is 4.41. The summed E-state index contributed by atoms with van der Waals surface area (Å²) in [5.74, 6) is -1.19. The molecule has 0 bridgehead atoms. The van der Waals surface area contributed by atoms with Gasteiger partial charge in [-0.1, -0.05) is 17.7 Å². The number of halogens is 3. The monoisotopic (exact) mass is 295 g/mol. The van der Waals surface area contributed by atoms with Crippen molar-refractivity contribution in [3.8, 4) is 0 Å². The molecular weight excluding hydrogens is 280 g/mol. The minimum Gasteiger partial charge on any atom is -0.309 e. The quantitative estimate of drug-likeness (QED) is 0.876. The van der Waals surface area contributed by atoms with Crippen LogP contribution in [-0.4, -0.2) is 7.05 Å². The predicted molar refractivity (Wildman–Crippen MR) is 78.2 cm³/mol. The van der Waals surface area contributed by atoms with Gasteiger partial charge in [-0.3, -0.25) is 0 Å². The first-order chi connectivity index (χ1) is 9.42. The van der Waals surface area contributed by atoms with Gasteiger partial charge in [-0.25, -0.2) is 8.78 Å². The maximum Gasteiger partial charge on any atom is 0.126 e. The second kappa shape index (κ2) is 5.90. The molecule has 1 nitrogen and oxygen atoms in total. The minimum absolute atomic E-state index is 0.355. The van der Waals surface area contributed by atoms with Crippen LogP contribution in [0.5, 0.6) is 0 Å². The zero-order valence-corrected chi connectivity index (χ0v) is 12.4. The van der Waals surface area contributed by atoms with Gasteiger partial charge >= 0.3 is 0 Å². The van der Waals surface area contributed by atoms with Crippen LogP contribution in [0.15, 0.2) is 30.3 Å². The van der Waals surface area contributed by atoms with Crippen LogP contribution < -0.4 is 5.32 Å². The zero-order valence-electron chi connectivity index (χ0n) is 11.6. The SMILES string of the molecule is CNC(c1cc(F)cc(F)c1)c1cc(C)c(C)cc1Cl. The number of hydrogen-bond acceptors (Lipinski definition) is 1. The second-order valence-corrected chi connectivity index (χ2v) is 5.29. The van der Waals surface area contributed by atoms with Gasteiger partial charge in [-0.15, -0.1) is 0 Å². The predicted octanol–water partition coefficient (Wildman–Crippen LogP) is 4.54. The summed E-state index contributed by atoms with van der Waals surface area (Å²) in [4.78, 5) is 0. The first kappa shape index (κ1) is 14.9. The number of benzene rings is 2. The number of rotatable bonds is 3. The average Bonchev–Trinajstić information content (AvgIpc) is 2.35. The zero-order chi connectivity index (χ0) is 14.9. The van der Waals surface area contributed by atoms with Crippen LogP contribution in [0.3, 0.4) is 0 Å². The van der Waals surface area contributed by atoms with E-state index in [4.69, 9.17) is 11.6 Å². The van der Waals surface area contributed by atoms with E-state index in [2.05, 4.69) is 5.32 Å². The molecule has 2 aromatic rings. The molecule has 0 radical (unpaired) electrons. The molecule has 0 aliphatic heterocycles. The fraction of sp³-hybridized carbons (Fsp3) is 0.250. The lowest BCUT2D eigenvalue weighted by molar-refractivity contribution is 0.571. The van der Waals surface area contributed by atoms with Gasteiger partial charge in [-0.05, 0) is 61.3 Å². The van der Waals surface area contributed by atoms with Gasteiger partial charge in [0, 0.05) is 11.1 Å². The molecule has 106 valence electrons. The Morgan fingerprint density at radius 2 is 1.50 bits per heavy atom. The second-order valence-electron chi connectivity index (χ2n) is 4.88. The van der Waals surface area contributed by atoms with Crippen LogP contribution in [0, 0.1) is 25.5 Å². The number of aryl methyl sites for hydroxylation is 2. The summed E-state index contributed by atoms with van der Waals surface area (Å²) in [5.41, 5.74) is 3.48. The van der Waals surface area contributed by atoms with Crippen molar-refractivity contribution in [3.63, 3.8) is 0 Å². The molecule has 0 saturated carbocycles. The maximum absolute atomic E-state index is 13.4.